The van der Waals surface area contributed by atoms with Crippen molar-refractivity contribution >= 4 is 27.4 Å². The van der Waals surface area contributed by atoms with Crippen molar-refractivity contribution in [1.29, 1.82) is 0 Å². The average molecular weight is 469 g/mol. The van der Waals surface area contributed by atoms with Crippen LogP contribution in [0, 0.1) is 0 Å². The fourth-order valence-corrected chi connectivity index (χ4v) is 4.47. The Labute approximate surface area is 181 Å². The molecule has 1 amide bonds. The SMILES string of the molecule is CC(NOCC(=O)Nc1ccc(C(F)(F)F)cc1)=C1C(=O)c2ccccc2S(=O)(=O)N1C. The number of halogens is 3. The van der Waals surface area contributed by atoms with Gasteiger partial charge in [0.25, 0.3) is 15.9 Å². The molecule has 32 heavy (non-hydrogen) atoms. The number of anilines is 1. The first-order valence-corrected chi connectivity index (χ1v) is 10.6. The summed E-state index contributed by atoms with van der Waals surface area (Å²) in [5.41, 5.74) is 1.54. The van der Waals surface area contributed by atoms with Gasteiger partial charge in [-0.2, -0.15) is 13.2 Å². The van der Waals surface area contributed by atoms with Gasteiger partial charge in [-0.1, -0.05) is 12.1 Å². The quantitative estimate of drug-likeness (QED) is 0.516. The lowest BCUT2D eigenvalue weighted by Crippen LogP contribution is -2.38. The number of amides is 1. The van der Waals surface area contributed by atoms with E-state index in [4.69, 9.17) is 4.84 Å². The van der Waals surface area contributed by atoms with Gasteiger partial charge in [0, 0.05) is 18.3 Å². The Hall–Kier alpha value is -3.38. The molecule has 170 valence electrons. The molecule has 2 aromatic carbocycles. The molecule has 2 N–H and O–H groups in total. The fraction of sp³-hybridized carbons (Fsp3) is 0.200. The number of ketones is 1. The molecule has 1 aliphatic heterocycles. The standard InChI is InChI=1S/C20H18F3N3O5S/c1-12(18-19(28)15-5-3-4-6-16(15)32(29,30)26(18)2)25-31-11-17(27)24-14-9-7-13(8-10-14)20(21,22)23/h3-10,25H,11H2,1-2H3,(H,24,27). The molecular formula is C20H18F3N3O5S. The normalized spacial score (nSPS) is 16.9. The first-order valence-electron chi connectivity index (χ1n) is 9.11. The zero-order chi connectivity index (χ0) is 23.7. The highest BCUT2D eigenvalue weighted by Gasteiger charge is 2.38. The third kappa shape index (κ3) is 4.60. The number of likely N-dealkylation sites (N-methyl/N-ethyl adjacent to an activating group) is 1. The van der Waals surface area contributed by atoms with Gasteiger partial charge in [0.1, 0.15) is 5.70 Å². The van der Waals surface area contributed by atoms with Crippen LogP contribution in [0.25, 0.3) is 0 Å². The van der Waals surface area contributed by atoms with Crippen LogP contribution >= 0.6 is 0 Å². The monoisotopic (exact) mass is 469 g/mol. The van der Waals surface area contributed by atoms with Gasteiger partial charge in [-0.3, -0.25) is 24.2 Å². The van der Waals surface area contributed by atoms with Crippen LogP contribution in [0.2, 0.25) is 0 Å². The molecule has 0 aromatic heterocycles. The minimum absolute atomic E-state index is 0.0156. The van der Waals surface area contributed by atoms with Gasteiger partial charge in [-0.25, -0.2) is 8.42 Å². The summed E-state index contributed by atoms with van der Waals surface area (Å²) >= 11 is 0. The van der Waals surface area contributed by atoms with Gasteiger partial charge in [0.2, 0.25) is 5.78 Å². The topological polar surface area (TPSA) is 105 Å². The van der Waals surface area contributed by atoms with Crippen LogP contribution in [-0.4, -0.2) is 38.1 Å². The Kier molecular flexibility index (Phi) is 6.28. The fourth-order valence-electron chi connectivity index (χ4n) is 3.02. The van der Waals surface area contributed by atoms with Gasteiger partial charge in [-0.15, -0.1) is 0 Å². The van der Waals surface area contributed by atoms with E-state index in [-0.39, 0.29) is 27.5 Å². The van der Waals surface area contributed by atoms with Crippen LogP contribution in [0.5, 0.6) is 0 Å². The summed E-state index contributed by atoms with van der Waals surface area (Å²) in [5.74, 6) is -1.22. The molecule has 1 heterocycles. The van der Waals surface area contributed by atoms with Gasteiger partial charge >= 0.3 is 6.18 Å². The third-order valence-electron chi connectivity index (χ3n) is 4.58. The summed E-state index contributed by atoms with van der Waals surface area (Å²) in [6.07, 6.45) is -4.49. The Morgan fingerprint density at radius 3 is 2.34 bits per heavy atom. The van der Waals surface area contributed by atoms with Crippen LogP contribution in [-0.2, 0) is 25.8 Å². The number of hydrogen-bond acceptors (Lipinski definition) is 6. The van der Waals surface area contributed by atoms with E-state index in [0.29, 0.717) is 0 Å². The summed E-state index contributed by atoms with van der Waals surface area (Å²) < 4.78 is 63.9. The minimum atomic E-state index is -4.49. The predicted octanol–water partition coefficient (Wildman–Crippen LogP) is 2.91. The number of nitrogens with zero attached hydrogens (tertiary/aromatic N) is 1. The number of nitrogens with one attached hydrogen (secondary N) is 2. The van der Waals surface area contributed by atoms with E-state index in [2.05, 4.69) is 10.8 Å². The summed E-state index contributed by atoms with van der Waals surface area (Å²) in [5, 5.41) is 2.36. The lowest BCUT2D eigenvalue weighted by atomic mass is 10.1. The van der Waals surface area contributed by atoms with Gasteiger partial charge in [-0.05, 0) is 43.3 Å². The number of fused-ring (bicyclic) bond motifs is 1. The summed E-state index contributed by atoms with van der Waals surface area (Å²) in [4.78, 5) is 29.7. The zero-order valence-corrected chi connectivity index (χ0v) is 17.7. The number of carbonyl (C=O) groups is 2. The van der Waals surface area contributed by atoms with Crippen molar-refractivity contribution in [3.8, 4) is 0 Å². The molecular weight excluding hydrogens is 451 g/mol. The second-order valence-electron chi connectivity index (χ2n) is 6.79. The van der Waals surface area contributed by atoms with Crippen molar-refractivity contribution in [3.63, 3.8) is 0 Å². The highest BCUT2D eigenvalue weighted by Crippen LogP contribution is 2.32. The van der Waals surface area contributed by atoms with Crippen molar-refractivity contribution in [2.75, 3.05) is 19.0 Å². The Morgan fingerprint density at radius 2 is 1.72 bits per heavy atom. The predicted molar refractivity (Wildman–Crippen MR) is 108 cm³/mol. The largest absolute Gasteiger partial charge is 0.416 e. The number of rotatable bonds is 5. The molecule has 8 nitrogen and oxygen atoms in total. The van der Waals surface area contributed by atoms with Crippen molar-refractivity contribution in [2.24, 2.45) is 0 Å². The first-order chi connectivity index (χ1) is 14.9. The second kappa shape index (κ2) is 8.63. The van der Waals surface area contributed by atoms with Gasteiger partial charge in [0.15, 0.2) is 6.61 Å². The highest BCUT2D eigenvalue weighted by molar-refractivity contribution is 7.89. The van der Waals surface area contributed by atoms with E-state index >= 15 is 0 Å². The first kappa shape index (κ1) is 23.3. The molecule has 2 aromatic rings. The number of allylic oxidation sites excluding steroid dienone is 2. The van der Waals surface area contributed by atoms with Crippen molar-refractivity contribution < 1.29 is 36.0 Å². The van der Waals surface area contributed by atoms with Crippen LogP contribution < -0.4 is 10.8 Å². The molecule has 0 unspecified atom stereocenters. The van der Waals surface area contributed by atoms with Gasteiger partial charge < -0.3 is 5.32 Å². The Bertz CT molecular complexity index is 1190. The molecule has 0 aliphatic carbocycles. The van der Waals surface area contributed by atoms with Crippen molar-refractivity contribution in [1.82, 2.24) is 9.79 Å². The Morgan fingerprint density at radius 1 is 1.09 bits per heavy atom. The molecule has 0 radical (unpaired) electrons. The number of sulfonamides is 1. The molecule has 3 rings (SSSR count). The molecule has 0 fully saturated rings. The molecule has 0 saturated heterocycles. The smallest absolute Gasteiger partial charge is 0.324 e. The third-order valence-corrected chi connectivity index (χ3v) is 6.40. The van der Waals surface area contributed by atoms with Crippen LogP contribution in [0.1, 0.15) is 22.8 Å². The molecule has 0 saturated carbocycles. The highest BCUT2D eigenvalue weighted by atomic mass is 32.2. The maximum absolute atomic E-state index is 12.8. The number of alkyl halides is 3. The summed E-state index contributed by atoms with van der Waals surface area (Å²) in [6.45, 7) is 0.841. The maximum atomic E-state index is 12.8. The number of carbonyl (C=O) groups excluding carboxylic acids is 2. The summed E-state index contributed by atoms with van der Waals surface area (Å²) in [7, 11) is -2.72. The number of hydroxylamine groups is 1. The van der Waals surface area contributed by atoms with Gasteiger partial charge in [0.05, 0.1) is 16.2 Å². The Balaban J connectivity index is 1.66. The number of Topliss-reactive ketones (excluding diaryl/α,β-unsaturated/α-hetero) is 1. The number of benzene rings is 2. The van der Waals surface area contributed by atoms with E-state index in [1.807, 2.05) is 0 Å². The van der Waals surface area contributed by atoms with Crippen molar-refractivity contribution in [3.05, 3.63) is 71.1 Å². The molecule has 1 aliphatic rings. The van der Waals surface area contributed by atoms with Crippen LogP contribution in [0.4, 0.5) is 18.9 Å². The molecule has 0 bridgehead atoms. The summed E-state index contributed by atoms with van der Waals surface area (Å²) in [6, 6.07) is 9.63. The average Bonchev–Trinajstić information content (AvgIpc) is 2.72. The van der Waals surface area contributed by atoms with E-state index in [0.717, 1.165) is 28.6 Å². The van der Waals surface area contributed by atoms with E-state index in [1.165, 1.54) is 32.2 Å². The molecule has 12 heteroatoms. The molecule has 0 atom stereocenters. The zero-order valence-electron chi connectivity index (χ0n) is 16.9. The molecule has 0 spiro atoms. The van der Waals surface area contributed by atoms with Crippen LogP contribution in [0.3, 0.4) is 0 Å². The van der Waals surface area contributed by atoms with E-state index < -0.39 is 40.1 Å². The van der Waals surface area contributed by atoms with E-state index in [9.17, 15) is 31.2 Å². The number of hydrogen-bond donors (Lipinski definition) is 2. The lowest BCUT2D eigenvalue weighted by molar-refractivity contribution is -0.137. The lowest BCUT2D eigenvalue weighted by Gasteiger charge is -2.29. The van der Waals surface area contributed by atoms with Crippen molar-refractivity contribution in [2.45, 2.75) is 18.0 Å². The van der Waals surface area contributed by atoms with E-state index in [1.54, 1.807) is 6.07 Å². The second-order valence-corrected chi connectivity index (χ2v) is 8.72. The maximum Gasteiger partial charge on any atom is 0.416 e. The minimum Gasteiger partial charge on any atom is -0.324 e. The van der Waals surface area contributed by atoms with Crippen LogP contribution in [0.15, 0.2) is 64.8 Å².